The molecular weight excluding hydrogens is 490 g/mol. The predicted molar refractivity (Wildman–Crippen MR) is 159 cm³/mol. The SMILES string of the molecule is CCCCCCCCCCCCCCCC(=O)NC(C(=O)NC(Cc1c[nH]c2ccccc12)C(=O)O)C(C)C. The van der Waals surface area contributed by atoms with Crippen molar-refractivity contribution in [3.63, 3.8) is 0 Å². The number of unbranched alkanes of at least 4 members (excludes halogenated alkanes) is 12. The maximum atomic E-state index is 13.0. The van der Waals surface area contributed by atoms with Crippen molar-refractivity contribution in [2.24, 2.45) is 5.92 Å². The minimum Gasteiger partial charge on any atom is -0.480 e. The Morgan fingerprint density at radius 1 is 0.821 bits per heavy atom. The van der Waals surface area contributed by atoms with Gasteiger partial charge in [0.15, 0.2) is 0 Å². The van der Waals surface area contributed by atoms with E-state index >= 15 is 0 Å². The summed E-state index contributed by atoms with van der Waals surface area (Å²) in [5.74, 6) is -1.89. The lowest BCUT2D eigenvalue weighted by Crippen LogP contribution is -2.54. The number of hydrogen-bond donors (Lipinski definition) is 4. The number of fused-ring (bicyclic) bond motifs is 1. The summed E-state index contributed by atoms with van der Waals surface area (Å²) < 4.78 is 0. The summed E-state index contributed by atoms with van der Waals surface area (Å²) in [5, 5.41) is 16.2. The van der Waals surface area contributed by atoms with E-state index in [9.17, 15) is 19.5 Å². The summed E-state index contributed by atoms with van der Waals surface area (Å²) in [6.45, 7) is 5.96. The van der Waals surface area contributed by atoms with Crippen molar-refractivity contribution in [2.45, 2.75) is 129 Å². The van der Waals surface area contributed by atoms with Gasteiger partial charge < -0.3 is 20.7 Å². The number of hydrogen-bond acceptors (Lipinski definition) is 3. The lowest BCUT2D eigenvalue weighted by atomic mass is 10.0. The molecule has 1 aromatic carbocycles. The third kappa shape index (κ3) is 12.3. The molecule has 2 rings (SSSR count). The van der Waals surface area contributed by atoms with Crippen molar-refractivity contribution < 1.29 is 19.5 Å². The van der Waals surface area contributed by atoms with E-state index in [1.54, 1.807) is 6.20 Å². The molecule has 0 aliphatic heterocycles. The van der Waals surface area contributed by atoms with E-state index in [4.69, 9.17) is 0 Å². The molecule has 0 aliphatic carbocycles. The molecule has 1 heterocycles. The van der Waals surface area contributed by atoms with E-state index < -0.39 is 24.0 Å². The van der Waals surface area contributed by atoms with Crippen LogP contribution in [0, 0.1) is 5.92 Å². The molecule has 2 amide bonds. The van der Waals surface area contributed by atoms with Gasteiger partial charge in [-0.1, -0.05) is 116 Å². The first-order valence-corrected chi connectivity index (χ1v) is 15.2. The van der Waals surface area contributed by atoms with Gasteiger partial charge in [0, 0.05) is 29.9 Å². The third-order valence-electron chi connectivity index (χ3n) is 7.49. The van der Waals surface area contributed by atoms with Crippen LogP contribution in [0.1, 0.15) is 116 Å². The third-order valence-corrected chi connectivity index (χ3v) is 7.49. The molecule has 39 heavy (non-hydrogen) atoms. The van der Waals surface area contributed by atoms with Crippen molar-refractivity contribution in [1.29, 1.82) is 0 Å². The Kier molecular flexibility index (Phi) is 15.3. The monoisotopic (exact) mass is 541 g/mol. The number of aromatic nitrogens is 1. The number of H-pyrrole nitrogens is 1. The van der Waals surface area contributed by atoms with Crippen molar-refractivity contribution in [3.8, 4) is 0 Å². The number of amides is 2. The van der Waals surface area contributed by atoms with Gasteiger partial charge in [0.1, 0.15) is 12.1 Å². The van der Waals surface area contributed by atoms with Gasteiger partial charge in [-0.3, -0.25) is 9.59 Å². The number of para-hydroxylation sites is 1. The smallest absolute Gasteiger partial charge is 0.326 e. The van der Waals surface area contributed by atoms with E-state index in [-0.39, 0.29) is 18.2 Å². The molecule has 0 aliphatic rings. The molecule has 7 nitrogen and oxygen atoms in total. The summed E-state index contributed by atoms with van der Waals surface area (Å²) in [6, 6.07) is 5.80. The molecule has 1 aromatic heterocycles. The number of nitrogens with one attached hydrogen (secondary N) is 3. The second kappa shape index (κ2) is 18.5. The Bertz CT molecular complexity index is 1000. The van der Waals surface area contributed by atoms with Gasteiger partial charge in [-0.05, 0) is 24.0 Å². The molecule has 0 spiro atoms. The lowest BCUT2D eigenvalue weighted by molar-refractivity contribution is -0.142. The Labute approximate surface area is 234 Å². The summed E-state index contributed by atoms with van der Waals surface area (Å²) in [4.78, 5) is 40.7. The summed E-state index contributed by atoms with van der Waals surface area (Å²) in [7, 11) is 0. The number of carbonyl (C=O) groups excluding carboxylic acids is 2. The molecule has 218 valence electrons. The molecule has 2 unspecified atom stereocenters. The van der Waals surface area contributed by atoms with E-state index in [1.807, 2.05) is 38.1 Å². The number of benzene rings is 1. The van der Waals surface area contributed by atoms with Gasteiger partial charge >= 0.3 is 5.97 Å². The fourth-order valence-corrected chi connectivity index (χ4v) is 5.07. The van der Waals surface area contributed by atoms with Crippen molar-refractivity contribution >= 4 is 28.7 Å². The minimum atomic E-state index is -1.10. The zero-order valence-corrected chi connectivity index (χ0v) is 24.4. The summed E-state index contributed by atoms with van der Waals surface area (Å²) in [5.41, 5.74) is 1.74. The Morgan fingerprint density at radius 2 is 1.38 bits per heavy atom. The quantitative estimate of drug-likeness (QED) is 0.129. The number of carbonyl (C=O) groups is 3. The van der Waals surface area contributed by atoms with Crippen LogP contribution in [-0.4, -0.2) is 40.0 Å². The highest BCUT2D eigenvalue weighted by molar-refractivity contribution is 5.91. The Hall–Kier alpha value is -2.83. The van der Waals surface area contributed by atoms with Gasteiger partial charge in [-0.15, -0.1) is 0 Å². The first-order chi connectivity index (χ1) is 18.8. The maximum Gasteiger partial charge on any atom is 0.326 e. The first kappa shape index (κ1) is 32.4. The van der Waals surface area contributed by atoms with E-state index in [2.05, 4.69) is 22.5 Å². The van der Waals surface area contributed by atoms with Crippen molar-refractivity contribution in [2.75, 3.05) is 0 Å². The molecule has 0 fully saturated rings. The summed E-state index contributed by atoms with van der Waals surface area (Å²) in [6.07, 6.45) is 18.5. The number of carboxylic acid groups (broad SMARTS) is 1. The number of carboxylic acids is 1. The van der Waals surface area contributed by atoms with E-state index in [1.165, 1.54) is 64.2 Å². The van der Waals surface area contributed by atoms with Crippen LogP contribution in [-0.2, 0) is 20.8 Å². The largest absolute Gasteiger partial charge is 0.480 e. The van der Waals surface area contributed by atoms with E-state index in [0.717, 1.165) is 35.7 Å². The van der Waals surface area contributed by atoms with Gasteiger partial charge in [-0.2, -0.15) is 0 Å². The van der Waals surface area contributed by atoms with Crippen molar-refractivity contribution in [3.05, 3.63) is 36.0 Å². The van der Waals surface area contributed by atoms with Crippen LogP contribution in [0.4, 0.5) is 0 Å². The highest BCUT2D eigenvalue weighted by atomic mass is 16.4. The van der Waals surface area contributed by atoms with Crippen LogP contribution in [0.15, 0.2) is 30.5 Å². The van der Waals surface area contributed by atoms with Crippen molar-refractivity contribution in [1.82, 2.24) is 15.6 Å². The minimum absolute atomic E-state index is 0.156. The fourth-order valence-electron chi connectivity index (χ4n) is 5.07. The summed E-state index contributed by atoms with van der Waals surface area (Å²) >= 11 is 0. The average Bonchev–Trinajstić information content (AvgIpc) is 3.32. The molecule has 4 N–H and O–H groups in total. The zero-order chi connectivity index (χ0) is 28.5. The van der Waals surface area contributed by atoms with Crippen LogP contribution in [0.3, 0.4) is 0 Å². The predicted octanol–water partition coefficient (Wildman–Crippen LogP) is 6.90. The average molecular weight is 542 g/mol. The molecule has 2 atom stereocenters. The molecule has 2 aromatic rings. The molecular formula is C32H51N3O4. The number of aliphatic carboxylic acids is 1. The molecule has 0 saturated carbocycles. The zero-order valence-electron chi connectivity index (χ0n) is 24.4. The van der Waals surface area contributed by atoms with Crippen LogP contribution in [0.2, 0.25) is 0 Å². The highest BCUT2D eigenvalue weighted by Gasteiger charge is 2.29. The van der Waals surface area contributed by atoms with Gasteiger partial charge in [0.05, 0.1) is 0 Å². The van der Waals surface area contributed by atoms with E-state index in [0.29, 0.717) is 6.42 Å². The second-order valence-corrected chi connectivity index (χ2v) is 11.2. The number of rotatable bonds is 21. The van der Waals surface area contributed by atoms with Crippen LogP contribution < -0.4 is 10.6 Å². The van der Waals surface area contributed by atoms with Crippen LogP contribution in [0.5, 0.6) is 0 Å². The topological polar surface area (TPSA) is 111 Å². The van der Waals surface area contributed by atoms with Gasteiger partial charge in [0.25, 0.3) is 0 Å². The Morgan fingerprint density at radius 3 is 1.95 bits per heavy atom. The van der Waals surface area contributed by atoms with Gasteiger partial charge in [-0.25, -0.2) is 4.79 Å². The standard InChI is InChI=1S/C32H51N3O4/c1-4-5-6-7-8-9-10-11-12-13-14-15-16-21-29(36)35-30(24(2)3)31(37)34-28(32(38)39)22-25-23-33-27-20-18-17-19-26(25)27/h17-20,23-24,28,30,33H,4-16,21-22H2,1-3H3,(H,34,37)(H,35,36)(H,38,39). The van der Waals surface area contributed by atoms with Gasteiger partial charge in [0.2, 0.25) is 11.8 Å². The fraction of sp³-hybridized carbons (Fsp3) is 0.656. The molecule has 0 radical (unpaired) electrons. The first-order valence-electron chi connectivity index (χ1n) is 15.2. The second-order valence-electron chi connectivity index (χ2n) is 11.2. The molecule has 7 heteroatoms. The molecule has 0 bridgehead atoms. The lowest BCUT2D eigenvalue weighted by Gasteiger charge is -2.24. The molecule has 0 saturated heterocycles. The van der Waals surface area contributed by atoms with Crippen LogP contribution in [0.25, 0.3) is 10.9 Å². The maximum absolute atomic E-state index is 13.0. The Balaban J connectivity index is 1.68. The van der Waals surface area contributed by atoms with Crippen LogP contribution >= 0.6 is 0 Å². The normalized spacial score (nSPS) is 12.9. The number of aromatic amines is 1. The highest BCUT2D eigenvalue weighted by Crippen LogP contribution is 2.19.